The van der Waals surface area contributed by atoms with E-state index in [0.29, 0.717) is 23.0 Å². The number of carbonyl (C=O) groups excluding carboxylic acids is 2. The summed E-state index contributed by atoms with van der Waals surface area (Å²) < 4.78 is 18.7. The molecule has 0 unspecified atom stereocenters. The van der Waals surface area contributed by atoms with Gasteiger partial charge in [-0.2, -0.15) is 10.1 Å². The summed E-state index contributed by atoms with van der Waals surface area (Å²) in [4.78, 5) is 29.7. The first-order valence-electron chi connectivity index (χ1n) is 11.8. The quantitative estimate of drug-likeness (QED) is 0.480. The SMILES string of the molecule is COc1cccc(NC(=O)C[C@@H]2SC(N3N=C(c4ccc(F)cc4)C[C@@H]3c3ccc(C)cc3)=NC2=O)c1. The smallest absolute Gasteiger partial charge is 0.262 e. The van der Waals surface area contributed by atoms with E-state index in [-0.39, 0.29) is 30.1 Å². The summed E-state index contributed by atoms with van der Waals surface area (Å²) in [6, 6.07) is 21.2. The number of nitrogens with one attached hydrogen (secondary N) is 1. The van der Waals surface area contributed by atoms with Crippen molar-refractivity contribution in [1.82, 2.24) is 5.01 Å². The molecule has 3 aromatic rings. The van der Waals surface area contributed by atoms with Crippen LogP contribution >= 0.6 is 11.8 Å². The number of benzene rings is 3. The molecule has 0 spiro atoms. The lowest BCUT2D eigenvalue weighted by Crippen LogP contribution is -2.25. The first kappa shape index (κ1) is 24.7. The Morgan fingerprint density at radius 3 is 2.62 bits per heavy atom. The highest BCUT2D eigenvalue weighted by atomic mass is 32.2. The molecule has 188 valence electrons. The van der Waals surface area contributed by atoms with Crippen molar-refractivity contribution in [2.24, 2.45) is 10.1 Å². The number of hydrazone groups is 1. The van der Waals surface area contributed by atoms with Gasteiger partial charge in [-0.1, -0.05) is 59.8 Å². The lowest BCUT2D eigenvalue weighted by atomic mass is 9.98. The van der Waals surface area contributed by atoms with E-state index in [1.807, 2.05) is 31.2 Å². The fourth-order valence-electron chi connectivity index (χ4n) is 4.24. The van der Waals surface area contributed by atoms with E-state index < -0.39 is 5.25 Å². The predicted molar refractivity (Wildman–Crippen MR) is 143 cm³/mol. The van der Waals surface area contributed by atoms with Crippen LogP contribution in [0.5, 0.6) is 5.75 Å². The average Bonchev–Trinajstić information content (AvgIpc) is 3.49. The van der Waals surface area contributed by atoms with Crippen LogP contribution in [0.1, 0.15) is 35.6 Å². The maximum absolute atomic E-state index is 13.5. The number of aryl methyl sites for hydroxylation is 1. The van der Waals surface area contributed by atoms with Crippen LogP contribution < -0.4 is 10.1 Å². The minimum absolute atomic E-state index is 0.0225. The Bertz CT molecular complexity index is 1390. The first-order valence-corrected chi connectivity index (χ1v) is 12.7. The van der Waals surface area contributed by atoms with E-state index in [9.17, 15) is 14.0 Å². The Morgan fingerprint density at radius 2 is 1.89 bits per heavy atom. The molecule has 0 aromatic heterocycles. The molecule has 2 aliphatic rings. The zero-order valence-electron chi connectivity index (χ0n) is 20.3. The monoisotopic (exact) mass is 516 g/mol. The summed E-state index contributed by atoms with van der Waals surface area (Å²) in [7, 11) is 1.56. The van der Waals surface area contributed by atoms with Gasteiger partial charge in [0, 0.05) is 24.6 Å². The van der Waals surface area contributed by atoms with E-state index in [1.54, 1.807) is 48.5 Å². The number of halogens is 1. The highest BCUT2D eigenvalue weighted by Crippen LogP contribution is 2.38. The number of amidine groups is 1. The molecule has 2 heterocycles. The van der Waals surface area contributed by atoms with Crippen LogP contribution in [0.25, 0.3) is 0 Å². The number of aliphatic imine (C=N–C) groups is 1. The molecular weight excluding hydrogens is 491 g/mol. The Balaban J connectivity index is 1.34. The molecule has 0 aliphatic carbocycles. The molecule has 0 saturated heterocycles. The van der Waals surface area contributed by atoms with E-state index in [2.05, 4.69) is 10.3 Å². The predicted octanol–water partition coefficient (Wildman–Crippen LogP) is 5.32. The van der Waals surface area contributed by atoms with Crippen LogP contribution in [-0.4, -0.2) is 40.1 Å². The maximum Gasteiger partial charge on any atom is 0.262 e. The van der Waals surface area contributed by atoms with Gasteiger partial charge in [0.05, 0.1) is 18.9 Å². The zero-order chi connectivity index (χ0) is 25.9. The number of hydrogen-bond donors (Lipinski definition) is 1. The summed E-state index contributed by atoms with van der Waals surface area (Å²) in [6.07, 6.45) is 0.550. The molecule has 37 heavy (non-hydrogen) atoms. The topological polar surface area (TPSA) is 83.4 Å². The Kier molecular flexibility index (Phi) is 7.05. The van der Waals surface area contributed by atoms with Crippen LogP contribution in [0.15, 0.2) is 82.9 Å². The van der Waals surface area contributed by atoms with Crippen molar-refractivity contribution < 1.29 is 18.7 Å². The molecule has 2 aliphatic heterocycles. The number of nitrogens with zero attached hydrogens (tertiary/aromatic N) is 3. The summed E-state index contributed by atoms with van der Waals surface area (Å²) in [5.41, 5.74) is 4.35. The van der Waals surface area contributed by atoms with Gasteiger partial charge in [-0.3, -0.25) is 9.59 Å². The molecule has 1 N–H and O–H groups in total. The maximum atomic E-state index is 13.5. The summed E-state index contributed by atoms with van der Waals surface area (Å²) >= 11 is 1.24. The molecule has 0 bridgehead atoms. The molecule has 2 atom stereocenters. The minimum Gasteiger partial charge on any atom is -0.497 e. The van der Waals surface area contributed by atoms with Gasteiger partial charge >= 0.3 is 0 Å². The van der Waals surface area contributed by atoms with Gasteiger partial charge in [-0.25, -0.2) is 9.40 Å². The van der Waals surface area contributed by atoms with Crippen LogP contribution in [0.3, 0.4) is 0 Å². The van der Waals surface area contributed by atoms with E-state index in [4.69, 9.17) is 9.84 Å². The highest BCUT2D eigenvalue weighted by molar-refractivity contribution is 8.15. The molecule has 9 heteroatoms. The third-order valence-corrected chi connectivity index (χ3v) is 7.34. The fourth-order valence-corrected chi connectivity index (χ4v) is 5.30. The van der Waals surface area contributed by atoms with Crippen molar-refractivity contribution in [2.75, 3.05) is 12.4 Å². The molecule has 5 rings (SSSR count). The van der Waals surface area contributed by atoms with E-state index >= 15 is 0 Å². The first-order chi connectivity index (χ1) is 17.9. The van der Waals surface area contributed by atoms with Crippen molar-refractivity contribution in [1.29, 1.82) is 0 Å². The number of carbonyl (C=O) groups is 2. The van der Waals surface area contributed by atoms with Gasteiger partial charge in [-0.15, -0.1) is 0 Å². The zero-order valence-corrected chi connectivity index (χ0v) is 21.2. The lowest BCUT2D eigenvalue weighted by Gasteiger charge is -2.23. The molecule has 0 saturated carbocycles. The molecule has 2 amide bonds. The third kappa shape index (κ3) is 5.56. The van der Waals surface area contributed by atoms with Gasteiger partial charge in [0.2, 0.25) is 5.91 Å². The summed E-state index contributed by atoms with van der Waals surface area (Å²) in [5, 5.41) is 9.17. The Hall–Kier alpha value is -3.98. The van der Waals surface area contributed by atoms with Crippen molar-refractivity contribution in [3.63, 3.8) is 0 Å². The second kappa shape index (κ2) is 10.6. The molecule has 0 radical (unpaired) electrons. The Morgan fingerprint density at radius 1 is 1.14 bits per heavy atom. The lowest BCUT2D eigenvalue weighted by molar-refractivity contribution is -0.121. The minimum atomic E-state index is -0.649. The number of ether oxygens (including phenoxy) is 1. The highest BCUT2D eigenvalue weighted by Gasteiger charge is 2.39. The summed E-state index contributed by atoms with van der Waals surface area (Å²) in [5.74, 6) is -0.345. The number of anilines is 1. The van der Waals surface area contributed by atoms with Crippen molar-refractivity contribution >= 4 is 40.1 Å². The van der Waals surface area contributed by atoms with Crippen LogP contribution in [0, 0.1) is 12.7 Å². The van der Waals surface area contributed by atoms with Gasteiger partial charge in [0.25, 0.3) is 5.91 Å². The number of methoxy groups -OCH3 is 1. The standard InChI is InChI=1S/C28H25FN4O3S/c1-17-6-8-19(9-7-17)24-15-23(18-10-12-20(29)13-11-18)32-33(24)28-31-27(35)25(37-28)16-26(34)30-21-4-3-5-22(14-21)36-2/h3-14,24-25H,15-16H2,1-2H3,(H,30,34)/t24-,25+/m1/s1. The third-order valence-electron chi connectivity index (χ3n) is 6.20. The summed E-state index contributed by atoms with van der Waals surface area (Å²) in [6.45, 7) is 2.02. The number of amides is 2. The van der Waals surface area contributed by atoms with Crippen LogP contribution in [0.4, 0.5) is 10.1 Å². The van der Waals surface area contributed by atoms with Gasteiger partial charge in [0.1, 0.15) is 16.8 Å². The Labute approximate surface area is 218 Å². The molecular formula is C28H25FN4O3S. The average molecular weight is 517 g/mol. The van der Waals surface area contributed by atoms with Crippen LogP contribution in [0.2, 0.25) is 0 Å². The number of thioether (sulfide) groups is 1. The number of hydrogen-bond acceptors (Lipinski definition) is 6. The fraction of sp³-hybridized carbons (Fsp3) is 0.214. The second-order valence-electron chi connectivity index (χ2n) is 8.85. The van der Waals surface area contributed by atoms with Gasteiger partial charge in [0.15, 0.2) is 5.17 Å². The van der Waals surface area contributed by atoms with Crippen molar-refractivity contribution in [3.8, 4) is 5.75 Å². The van der Waals surface area contributed by atoms with Gasteiger partial charge < -0.3 is 10.1 Å². The van der Waals surface area contributed by atoms with Gasteiger partial charge in [-0.05, 0) is 42.3 Å². The number of rotatable bonds is 6. The second-order valence-corrected chi connectivity index (χ2v) is 10.0. The normalized spacial score (nSPS) is 19.0. The molecule has 7 nitrogen and oxygen atoms in total. The van der Waals surface area contributed by atoms with Crippen molar-refractivity contribution in [2.45, 2.75) is 31.1 Å². The largest absolute Gasteiger partial charge is 0.497 e. The van der Waals surface area contributed by atoms with Crippen molar-refractivity contribution in [3.05, 3.63) is 95.3 Å². The molecule has 3 aromatic carbocycles. The molecule has 0 fully saturated rings. The van der Waals surface area contributed by atoms with Crippen LogP contribution in [-0.2, 0) is 9.59 Å². The van der Waals surface area contributed by atoms with E-state index in [0.717, 1.165) is 22.4 Å². The van der Waals surface area contributed by atoms with E-state index in [1.165, 1.54) is 23.9 Å².